The van der Waals surface area contributed by atoms with E-state index in [4.69, 9.17) is 0 Å². The van der Waals surface area contributed by atoms with Crippen LogP contribution in [0.4, 0.5) is 0 Å². The van der Waals surface area contributed by atoms with Crippen LogP contribution in [0.1, 0.15) is 0 Å². The van der Waals surface area contributed by atoms with Crippen molar-refractivity contribution in [3.8, 4) is 0 Å². The lowest BCUT2D eigenvalue weighted by atomic mass is 10.2. The Morgan fingerprint density at radius 3 is 2.83 bits per heavy atom. The number of fused-ring (bicyclic) bond motifs is 1. The lowest BCUT2D eigenvalue weighted by Gasteiger charge is -1.94. The molecule has 0 N–H and O–H groups in total. The van der Waals surface area contributed by atoms with Crippen molar-refractivity contribution in [1.29, 1.82) is 0 Å². The highest BCUT2D eigenvalue weighted by atomic mass is 32.1. The summed E-state index contributed by atoms with van der Waals surface area (Å²) in [7, 11) is 0. The van der Waals surface area contributed by atoms with Gasteiger partial charge in [-0.25, -0.2) is 0 Å². The summed E-state index contributed by atoms with van der Waals surface area (Å²) in [6.07, 6.45) is 0. The van der Waals surface area contributed by atoms with Crippen LogP contribution in [0.2, 0.25) is 0 Å². The Bertz CT molecular complexity index is 473. The van der Waals surface area contributed by atoms with Crippen LogP contribution < -0.4 is 4.74 Å². The fourth-order valence-corrected chi connectivity index (χ4v) is 2.08. The molecule has 0 fully saturated rings. The highest BCUT2D eigenvalue weighted by Gasteiger charge is 1.97. The molecule has 0 saturated heterocycles. The van der Waals surface area contributed by atoms with Crippen molar-refractivity contribution in [3.63, 3.8) is 0 Å². The monoisotopic (exact) mass is 194 g/mol. The van der Waals surface area contributed by atoms with Crippen molar-refractivity contribution in [2.75, 3.05) is 0 Å². The van der Waals surface area contributed by atoms with Gasteiger partial charge >= 0.3 is 0 Å². The van der Waals surface area contributed by atoms with E-state index in [1.807, 2.05) is 24.3 Å². The molecule has 0 bridgehead atoms. The van der Waals surface area contributed by atoms with Gasteiger partial charge in [-0.05, 0) is 17.5 Å². The maximum atomic E-state index is 11.2. The minimum atomic E-state index is 0.0250. The molecule has 0 saturated carbocycles. The van der Waals surface area contributed by atoms with E-state index >= 15 is 0 Å². The van der Waals surface area contributed by atoms with Gasteiger partial charge in [0.2, 0.25) is 4.74 Å². The van der Waals surface area contributed by atoms with Crippen LogP contribution in [-0.4, -0.2) is 0 Å². The quantitative estimate of drug-likeness (QED) is 0.638. The molecule has 3 heteroatoms. The van der Waals surface area contributed by atoms with Crippen LogP contribution in [0, 0.1) is 0 Å². The molecule has 2 aromatic rings. The molecule has 12 heavy (non-hydrogen) atoms. The van der Waals surface area contributed by atoms with Gasteiger partial charge in [0.25, 0.3) is 0 Å². The molecule has 1 heterocycles. The predicted molar refractivity (Wildman–Crippen MR) is 55.3 cm³/mol. The molecule has 0 spiro atoms. The molecule has 0 unspecified atom stereocenters. The van der Waals surface area contributed by atoms with Crippen LogP contribution in [0.25, 0.3) is 10.1 Å². The molecule has 0 radical (unpaired) electrons. The Hall–Kier alpha value is -0.800. The Morgan fingerprint density at radius 2 is 2.00 bits per heavy atom. The third kappa shape index (κ3) is 1.26. The van der Waals surface area contributed by atoms with Gasteiger partial charge in [-0.15, -0.1) is 12.6 Å². The first-order valence-electron chi connectivity index (χ1n) is 3.49. The van der Waals surface area contributed by atoms with Gasteiger partial charge in [0.1, 0.15) is 0 Å². The Morgan fingerprint density at radius 1 is 1.25 bits per heavy atom. The normalized spacial score (nSPS) is 10.4. The van der Waals surface area contributed by atoms with Gasteiger partial charge in [0.15, 0.2) is 0 Å². The summed E-state index contributed by atoms with van der Waals surface area (Å²) in [4.78, 5) is 11.7. The summed E-state index contributed by atoms with van der Waals surface area (Å²) in [5, 5.41) is 1.08. The molecule has 0 aliphatic rings. The summed E-state index contributed by atoms with van der Waals surface area (Å²) in [5.74, 6) is 0. The lowest BCUT2D eigenvalue weighted by Crippen LogP contribution is -1.93. The zero-order chi connectivity index (χ0) is 8.55. The smallest absolute Gasteiger partial charge is 0.246 e. The standard InChI is InChI=1S/C9H6OS2/c10-9-7(11)5-6-3-1-2-4-8(6)12-9/h1-5,11H. The largest absolute Gasteiger partial charge is 0.277 e. The molecule has 2 rings (SSSR count). The molecule has 1 aromatic carbocycles. The average molecular weight is 194 g/mol. The van der Waals surface area contributed by atoms with Gasteiger partial charge in [-0.3, -0.25) is 4.79 Å². The summed E-state index contributed by atoms with van der Waals surface area (Å²) in [6, 6.07) is 9.60. The fraction of sp³-hybridized carbons (Fsp3) is 0. The van der Waals surface area contributed by atoms with Gasteiger partial charge in [-0.1, -0.05) is 29.5 Å². The van der Waals surface area contributed by atoms with E-state index in [0.717, 1.165) is 10.1 Å². The average Bonchev–Trinajstić information content (AvgIpc) is 2.07. The molecular weight excluding hydrogens is 188 g/mol. The number of hydrogen-bond acceptors (Lipinski definition) is 3. The van der Waals surface area contributed by atoms with Crippen LogP contribution in [-0.2, 0) is 0 Å². The van der Waals surface area contributed by atoms with Crippen LogP contribution >= 0.6 is 24.0 Å². The van der Waals surface area contributed by atoms with Crippen molar-refractivity contribution >= 4 is 34.1 Å². The number of thiol groups is 1. The number of rotatable bonds is 0. The van der Waals surface area contributed by atoms with E-state index in [1.165, 1.54) is 11.3 Å². The molecular formula is C9H6OS2. The summed E-state index contributed by atoms with van der Waals surface area (Å²) >= 11 is 5.31. The summed E-state index contributed by atoms with van der Waals surface area (Å²) in [6.45, 7) is 0. The first-order valence-corrected chi connectivity index (χ1v) is 4.75. The van der Waals surface area contributed by atoms with Crippen LogP contribution in [0.15, 0.2) is 40.0 Å². The van der Waals surface area contributed by atoms with Gasteiger partial charge in [0.05, 0.1) is 4.90 Å². The molecule has 0 aliphatic heterocycles. The van der Waals surface area contributed by atoms with Crippen LogP contribution in [0.3, 0.4) is 0 Å². The molecule has 0 aliphatic carbocycles. The van der Waals surface area contributed by atoms with Crippen molar-refractivity contribution in [3.05, 3.63) is 39.9 Å². The molecule has 60 valence electrons. The predicted octanol–water partition coefficient (Wildman–Crippen LogP) is 2.55. The van der Waals surface area contributed by atoms with E-state index in [1.54, 1.807) is 6.07 Å². The zero-order valence-electron chi connectivity index (χ0n) is 6.15. The van der Waals surface area contributed by atoms with Gasteiger partial charge < -0.3 is 0 Å². The Labute approximate surface area is 79.1 Å². The summed E-state index contributed by atoms with van der Waals surface area (Å²) in [5.41, 5.74) is 0. The second-order valence-corrected chi connectivity index (χ2v) is 3.95. The van der Waals surface area contributed by atoms with Crippen molar-refractivity contribution < 1.29 is 0 Å². The first kappa shape index (κ1) is 7.83. The van der Waals surface area contributed by atoms with Crippen LogP contribution in [0.5, 0.6) is 0 Å². The van der Waals surface area contributed by atoms with E-state index in [-0.39, 0.29) is 4.74 Å². The molecule has 1 aromatic heterocycles. The Kier molecular flexibility index (Phi) is 1.90. The number of benzene rings is 1. The van der Waals surface area contributed by atoms with Crippen molar-refractivity contribution in [2.45, 2.75) is 4.90 Å². The van der Waals surface area contributed by atoms with E-state index in [9.17, 15) is 4.79 Å². The maximum absolute atomic E-state index is 11.2. The Balaban J connectivity index is 2.93. The third-order valence-corrected chi connectivity index (χ3v) is 3.10. The van der Waals surface area contributed by atoms with E-state index in [2.05, 4.69) is 12.6 Å². The minimum absolute atomic E-state index is 0.0250. The van der Waals surface area contributed by atoms with E-state index < -0.39 is 0 Å². The first-order chi connectivity index (χ1) is 5.77. The highest BCUT2D eigenvalue weighted by Crippen LogP contribution is 2.17. The molecule has 0 atom stereocenters. The lowest BCUT2D eigenvalue weighted by molar-refractivity contribution is 1.50. The second-order valence-electron chi connectivity index (χ2n) is 2.46. The summed E-state index contributed by atoms with van der Waals surface area (Å²) < 4.78 is 1.04. The maximum Gasteiger partial charge on any atom is 0.246 e. The van der Waals surface area contributed by atoms with Crippen molar-refractivity contribution in [1.82, 2.24) is 0 Å². The van der Waals surface area contributed by atoms with E-state index in [0.29, 0.717) is 4.90 Å². The molecule has 0 amide bonds. The fourth-order valence-electron chi connectivity index (χ4n) is 1.05. The highest BCUT2D eigenvalue weighted by molar-refractivity contribution is 7.80. The second kappa shape index (κ2) is 2.92. The SMILES string of the molecule is O=c1sc2ccccc2cc1S. The number of hydrogen-bond donors (Lipinski definition) is 1. The topological polar surface area (TPSA) is 17.1 Å². The minimum Gasteiger partial charge on any atom is -0.277 e. The van der Waals surface area contributed by atoms with Gasteiger partial charge in [-0.2, -0.15) is 0 Å². The van der Waals surface area contributed by atoms with Crippen molar-refractivity contribution in [2.24, 2.45) is 0 Å². The van der Waals surface area contributed by atoms with Gasteiger partial charge in [0, 0.05) is 4.70 Å². The molecule has 1 nitrogen and oxygen atoms in total. The third-order valence-electron chi connectivity index (χ3n) is 1.62. The zero-order valence-corrected chi connectivity index (χ0v) is 7.86.